The van der Waals surface area contributed by atoms with Gasteiger partial charge in [0.05, 0.1) is 16.2 Å². The Kier molecular flexibility index (Phi) is 6.16. The van der Waals surface area contributed by atoms with Crippen LogP contribution in [-0.2, 0) is 0 Å². The zero-order valence-electron chi connectivity index (χ0n) is 17.9. The number of hydrogen-bond acceptors (Lipinski definition) is 6. The van der Waals surface area contributed by atoms with Crippen molar-refractivity contribution in [3.63, 3.8) is 0 Å². The number of ether oxygens (including phenoxy) is 1. The third-order valence-corrected chi connectivity index (χ3v) is 6.41. The molecule has 2 aromatic carbocycles. The van der Waals surface area contributed by atoms with E-state index in [1.807, 2.05) is 12.1 Å². The minimum atomic E-state index is -0.473. The lowest BCUT2D eigenvalue weighted by Crippen LogP contribution is -2.48. The van der Waals surface area contributed by atoms with E-state index in [0.717, 1.165) is 24.6 Å². The van der Waals surface area contributed by atoms with E-state index >= 15 is 0 Å². The van der Waals surface area contributed by atoms with E-state index in [9.17, 15) is 4.39 Å². The Hall–Kier alpha value is -2.64. The van der Waals surface area contributed by atoms with Crippen LogP contribution in [-0.4, -0.2) is 40.1 Å². The maximum Gasteiger partial charge on any atom is 0.144 e. The predicted octanol–water partition coefficient (Wildman–Crippen LogP) is 5.39. The number of anilines is 3. The minimum absolute atomic E-state index is 0.0382. The molecule has 3 aromatic rings. The van der Waals surface area contributed by atoms with Crippen molar-refractivity contribution < 1.29 is 9.13 Å². The molecule has 1 fully saturated rings. The van der Waals surface area contributed by atoms with Gasteiger partial charge < -0.3 is 20.7 Å². The van der Waals surface area contributed by atoms with Crippen molar-refractivity contribution in [3.8, 4) is 5.75 Å². The number of nitrogens with one attached hydrogen (secondary N) is 1. The van der Waals surface area contributed by atoms with E-state index in [0.29, 0.717) is 40.5 Å². The molecule has 1 aliphatic heterocycles. The summed E-state index contributed by atoms with van der Waals surface area (Å²) in [5.41, 5.74) is 8.21. The van der Waals surface area contributed by atoms with Crippen LogP contribution in [0.1, 0.15) is 33.1 Å². The minimum Gasteiger partial charge on any atom is -0.488 e. The topological polar surface area (TPSA) is 76.3 Å². The van der Waals surface area contributed by atoms with Crippen LogP contribution >= 0.6 is 11.6 Å². The molecule has 0 spiro atoms. The Morgan fingerprint density at radius 3 is 2.81 bits per heavy atom. The molecule has 0 saturated carbocycles. The van der Waals surface area contributed by atoms with Crippen molar-refractivity contribution in [1.29, 1.82) is 0 Å². The normalized spacial score (nSPS) is 21.9. The molecule has 2 heterocycles. The van der Waals surface area contributed by atoms with Gasteiger partial charge in [-0.1, -0.05) is 18.5 Å². The maximum atomic E-state index is 13.5. The van der Waals surface area contributed by atoms with E-state index in [1.54, 1.807) is 6.07 Å². The van der Waals surface area contributed by atoms with Gasteiger partial charge in [-0.15, -0.1) is 0 Å². The predicted molar refractivity (Wildman–Crippen MR) is 124 cm³/mol. The van der Waals surface area contributed by atoms with Crippen molar-refractivity contribution in [2.75, 3.05) is 18.1 Å². The number of halogens is 2. The summed E-state index contributed by atoms with van der Waals surface area (Å²) in [6.07, 6.45) is 4.59. The molecular formula is C23H27ClFN5O. The van der Waals surface area contributed by atoms with Gasteiger partial charge in [-0.25, -0.2) is 14.4 Å². The first kappa shape index (κ1) is 21.6. The van der Waals surface area contributed by atoms with E-state index < -0.39 is 5.82 Å². The van der Waals surface area contributed by atoms with Gasteiger partial charge in [-0.05, 0) is 57.5 Å². The molecule has 1 saturated heterocycles. The number of piperidine rings is 1. The first-order valence-corrected chi connectivity index (χ1v) is 10.9. The summed E-state index contributed by atoms with van der Waals surface area (Å²) < 4.78 is 19.8. The van der Waals surface area contributed by atoms with E-state index in [4.69, 9.17) is 22.1 Å². The molecule has 4 rings (SSSR count). The van der Waals surface area contributed by atoms with Crippen LogP contribution in [0.4, 0.5) is 21.6 Å². The number of hydrogen-bond donors (Lipinski definition) is 2. The molecule has 0 radical (unpaired) electrons. The zero-order valence-corrected chi connectivity index (χ0v) is 18.7. The number of nitrogen functional groups attached to an aromatic ring is 1. The third-order valence-electron chi connectivity index (χ3n) is 6.12. The zero-order chi connectivity index (χ0) is 22.1. The number of rotatable bonds is 5. The lowest BCUT2D eigenvalue weighted by Gasteiger charge is -2.41. The highest BCUT2D eigenvalue weighted by Gasteiger charge is 2.31. The summed E-state index contributed by atoms with van der Waals surface area (Å²) in [4.78, 5) is 11.1. The van der Waals surface area contributed by atoms with E-state index in [2.05, 4.69) is 41.1 Å². The molecule has 0 amide bonds. The molecule has 0 bridgehead atoms. The van der Waals surface area contributed by atoms with Gasteiger partial charge in [0.1, 0.15) is 29.8 Å². The Labute approximate surface area is 186 Å². The number of nitrogens with two attached hydrogens (primary N) is 1. The molecule has 1 aliphatic rings. The molecule has 8 heteroatoms. The summed E-state index contributed by atoms with van der Waals surface area (Å²) in [5.74, 6) is 0.725. The molecule has 3 N–H and O–H groups in total. The average Bonchev–Trinajstić information content (AvgIpc) is 2.74. The standard InChI is InChI=1S/C23H27ClFN5O/c1-4-15-9-16(7-13(2)30(15)3)31-22-11-21-17(10-20(22)26)23(28-12-27-21)29-14-5-6-19(25)18(24)8-14/h5-6,8,10-13,15-16H,4,7,9,26H2,1-3H3,(H,27,28,29). The summed E-state index contributed by atoms with van der Waals surface area (Å²) in [6.45, 7) is 4.44. The molecule has 3 atom stereocenters. The number of fused-ring (bicyclic) bond motifs is 1. The highest BCUT2D eigenvalue weighted by atomic mass is 35.5. The fourth-order valence-electron chi connectivity index (χ4n) is 4.22. The van der Waals surface area contributed by atoms with Crippen molar-refractivity contribution in [2.45, 2.75) is 51.3 Å². The Balaban J connectivity index is 1.60. The highest BCUT2D eigenvalue weighted by molar-refractivity contribution is 6.31. The van der Waals surface area contributed by atoms with Gasteiger partial charge in [0.15, 0.2) is 0 Å². The molecule has 6 nitrogen and oxygen atoms in total. The number of benzene rings is 2. The van der Waals surface area contributed by atoms with Gasteiger partial charge >= 0.3 is 0 Å². The van der Waals surface area contributed by atoms with Gasteiger partial charge in [0.25, 0.3) is 0 Å². The highest BCUT2D eigenvalue weighted by Crippen LogP contribution is 2.34. The Morgan fingerprint density at radius 1 is 1.26 bits per heavy atom. The summed E-state index contributed by atoms with van der Waals surface area (Å²) in [7, 11) is 2.18. The largest absolute Gasteiger partial charge is 0.488 e. The van der Waals surface area contributed by atoms with Crippen LogP contribution in [0.15, 0.2) is 36.7 Å². The number of nitrogens with zero attached hydrogens (tertiary/aromatic N) is 3. The van der Waals surface area contributed by atoms with Crippen LogP contribution in [0, 0.1) is 5.82 Å². The molecule has 1 aromatic heterocycles. The lowest BCUT2D eigenvalue weighted by molar-refractivity contribution is 0.0348. The van der Waals surface area contributed by atoms with Crippen LogP contribution in [0.3, 0.4) is 0 Å². The second-order valence-corrected chi connectivity index (χ2v) is 8.58. The van der Waals surface area contributed by atoms with Crippen LogP contribution in [0.25, 0.3) is 10.9 Å². The fraction of sp³-hybridized carbons (Fsp3) is 0.391. The smallest absolute Gasteiger partial charge is 0.144 e. The average molecular weight is 444 g/mol. The second-order valence-electron chi connectivity index (χ2n) is 8.17. The quantitative estimate of drug-likeness (QED) is 0.515. The summed E-state index contributed by atoms with van der Waals surface area (Å²) in [6, 6.07) is 9.04. The lowest BCUT2D eigenvalue weighted by atomic mass is 9.93. The van der Waals surface area contributed by atoms with Crippen molar-refractivity contribution >= 4 is 39.7 Å². The van der Waals surface area contributed by atoms with Crippen molar-refractivity contribution in [1.82, 2.24) is 14.9 Å². The molecule has 164 valence electrons. The summed E-state index contributed by atoms with van der Waals surface area (Å²) in [5, 5.41) is 3.95. The summed E-state index contributed by atoms with van der Waals surface area (Å²) >= 11 is 5.89. The van der Waals surface area contributed by atoms with Crippen molar-refractivity contribution in [2.24, 2.45) is 0 Å². The first-order valence-electron chi connectivity index (χ1n) is 10.5. The number of aromatic nitrogens is 2. The van der Waals surface area contributed by atoms with E-state index in [1.165, 1.54) is 18.5 Å². The van der Waals surface area contributed by atoms with E-state index in [-0.39, 0.29) is 11.1 Å². The SMILES string of the molecule is CCC1CC(Oc2cc3ncnc(Nc4ccc(F)c(Cl)c4)c3cc2N)CC(C)N1C. The molecule has 31 heavy (non-hydrogen) atoms. The van der Waals surface area contributed by atoms with Gasteiger partial charge in [-0.3, -0.25) is 0 Å². The van der Waals surface area contributed by atoms with Crippen LogP contribution in [0.2, 0.25) is 5.02 Å². The van der Waals surface area contributed by atoms with Crippen LogP contribution in [0.5, 0.6) is 5.75 Å². The monoisotopic (exact) mass is 443 g/mol. The second kappa shape index (κ2) is 8.85. The first-order chi connectivity index (χ1) is 14.9. The maximum absolute atomic E-state index is 13.5. The third kappa shape index (κ3) is 4.52. The Bertz CT molecular complexity index is 1090. The van der Waals surface area contributed by atoms with Crippen LogP contribution < -0.4 is 15.8 Å². The molecule has 0 aliphatic carbocycles. The van der Waals surface area contributed by atoms with Gasteiger partial charge in [0.2, 0.25) is 0 Å². The number of likely N-dealkylation sites (tertiary alicyclic amines) is 1. The Morgan fingerprint density at radius 2 is 2.06 bits per heavy atom. The fourth-order valence-corrected chi connectivity index (χ4v) is 4.40. The van der Waals surface area contributed by atoms with Crippen molar-refractivity contribution in [3.05, 3.63) is 47.5 Å². The van der Waals surface area contributed by atoms with Gasteiger partial charge in [0, 0.05) is 29.2 Å². The molecular weight excluding hydrogens is 417 g/mol. The van der Waals surface area contributed by atoms with Gasteiger partial charge in [-0.2, -0.15) is 0 Å². The molecule has 3 unspecified atom stereocenters.